The number of hydrogen-bond donors (Lipinski definition) is 0. The highest BCUT2D eigenvalue weighted by atomic mass is 19.4. The van der Waals surface area contributed by atoms with Crippen molar-refractivity contribution in [3.05, 3.63) is 89.5 Å². The van der Waals surface area contributed by atoms with E-state index in [1.165, 1.54) is 38.5 Å². The van der Waals surface area contributed by atoms with Crippen molar-refractivity contribution in [2.75, 3.05) is 21.3 Å². The lowest BCUT2D eigenvalue weighted by atomic mass is 9.92. The second-order valence-corrected chi connectivity index (χ2v) is 9.30. The smallest absolute Gasteiger partial charge is 0.432 e. The van der Waals surface area contributed by atoms with Gasteiger partial charge in [0.05, 0.1) is 14.2 Å². The number of fused-ring (bicyclic) bond motifs is 7. The van der Waals surface area contributed by atoms with E-state index in [1.54, 1.807) is 30.4 Å². The highest BCUT2D eigenvalue weighted by molar-refractivity contribution is 5.83. The van der Waals surface area contributed by atoms with Crippen molar-refractivity contribution in [1.29, 1.82) is 0 Å². The third kappa shape index (κ3) is 6.09. The number of benzene rings is 3. The van der Waals surface area contributed by atoms with Gasteiger partial charge < -0.3 is 23.7 Å². The molecule has 9 heteroatoms. The number of methoxy groups -OCH3 is 3. The monoisotopic (exact) mass is 556 g/mol. The number of halogens is 3. The Bertz CT molecular complexity index is 1320. The largest absolute Gasteiger partial charge is 0.493 e. The summed E-state index contributed by atoms with van der Waals surface area (Å²) in [6.45, 7) is 0. The Labute approximate surface area is 231 Å². The van der Waals surface area contributed by atoms with E-state index in [0.717, 1.165) is 25.5 Å². The molecule has 3 aromatic rings. The first-order valence-electron chi connectivity index (χ1n) is 12.8. The van der Waals surface area contributed by atoms with Crippen LogP contribution in [0.3, 0.4) is 0 Å². The van der Waals surface area contributed by atoms with Gasteiger partial charge in [0.2, 0.25) is 5.75 Å². The zero-order valence-corrected chi connectivity index (χ0v) is 22.5. The Hall–Kier alpha value is -3.98. The first-order valence-corrected chi connectivity index (χ1v) is 12.8. The fourth-order valence-electron chi connectivity index (χ4n) is 4.67. The fraction of sp³-hybridized carbons (Fsp3) is 0.323. The number of alkyl halides is 3. The van der Waals surface area contributed by atoms with Crippen molar-refractivity contribution >= 4 is 12.0 Å². The molecular weight excluding hydrogens is 525 g/mol. The van der Waals surface area contributed by atoms with Gasteiger partial charge in [-0.25, -0.2) is 4.79 Å². The van der Waals surface area contributed by atoms with Crippen LogP contribution in [0.5, 0.6) is 23.0 Å². The summed E-state index contributed by atoms with van der Waals surface area (Å²) in [5.74, 6) is 0.239. The van der Waals surface area contributed by atoms with E-state index in [-0.39, 0.29) is 5.56 Å². The Morgan fingerprint density at radius 1 is 0.925 bits per heavy atom. The van der Waals surface area contributed by atoms with Gasteiger partial charge in [0.25, 0.3) is 5.60 Å². The van der Waals surface area contributed by atoms with E-state index in [4.69, 9.17) is 23.7 Å². The minimum absolute atomic E-state index is 0.309. The van der Waals surface area contributed by atoms with Crippen LogP contribution in [0.2, 0.25) is 0 Å². The summed E-state index contributed by atoms with van der Waals surface area (Å²) < 4.78 is 70.8. The highest BCUT2D eigenvalue weighted by Gasteiger charge is 2.64. The van der Waals surface area contributed by atoms with Crippen molar-refractivity contribution in [1.82, 2.24) is 0 Å². The van der Waals surface area contributed by atoms with E-state index >= 15 is 0 Å². The molecule has 0 aromatic heterocycles. The molecule has 212 valence electrons. The predicted octanol–water partition coefficient (Wildman–Crippen LogP) is 7.25. The van der Waals surface area contributed by atoms with Gasteiger partial charge in [-0.2, -0.15) is 13.2 Å². The number of carbonyl (C=O) groups excluding carboxylic acids is 1. The number of rotatable bonds is 6. The normalized spacial score (nSPS) is 17.9. The van der Waals surface area contributed by atoms with E-state index < -0.39 is 23.9 Å². The molecular formula is C31H31F3O6. The van der Waals surface area contributed by atoms with E-state index in [9.17, 15) is 18.0 Å². The summed E-state index contributed by atoms with van der Waals surface area (Å²) in [6.07, 6.45) is -0.411. The minimum atomic E-state index is -5.06. The maximum atomic E-state index is 14.4. The van der Waals surface area contributed by atoms with E-state index in [2.05, 4.69) is 0 Å². The van der Waals surface area contributed by atoms with Gasteiger partial charge in [-0.05, 0) is 67.2 Å². The quantitative estimate of drug-likeness (QED) is 0.298. The van der Waals surface area contributed by atoms with Gasteiger partial charge in [-0.1, -0.05) is 48.5 Å². The van der Waals surface area contributed by atoms with Crippen LogP contribution in [0.15, 0.2) is 72.8 Å². The third-order valence-electron chi connectivity index (χ3n) is 6.76. The number of esters is 1. The Balaban J connectivity index is 1.72. The zero-order valence-electron chi connectivity index (χ0n) is 22.5. The molecule has 0 amide bonds. The lowest BCUT2D eigenvalue weighted by molar-refractivity contribution is -0.277. The molecule has 0 saturated heterocycles. The number of ether oxygens (including phenoxy) is 5. The summed E-state index contributed by atoms with van der Waals surface area (Å²) in [5.41, 5.74) is -1.95. The number of hydrogen-bond acceptors (Lipinski definition) is 6. The molecule has 2 aliphatic rings. The molecule has 0 unspecified atom stereocenters. The fourth-order valence-corrected chi connectivity index (χ4v) is 4.67. The average molecular weight is 557 g/mol. The van der Waals surface area contributed by atoms with Crippen LogP contribution in [0.1, 0.15) is 36.0 Å². The molecule has 3 aromatic carbocycles. The average Bonchev–Trinajstić information content (AvgIpc) is 2.95. The van der Waals surface area contributed by atoms with Gasteiger partial charge in [0, 0.05) is 12.7 Å². The Morgan fingerprint density at radius 2 is 1.65 bits per heavy atom. The molecule has 4 bridgehead atoms. The number of carbonyl (C=O) groups is 1. The molecule has 2 heterocycles. The summed E-state index contributed by atoms with van der Waals surface area (Å²) in [4.78, 5) is 13.3. The molecule has 0 fully saturated rings. The van der Waals surface area contributed by atoms with Crippen LogP contribution >= 0.6 is 0 Å². The maximum absolute atomic E-state index is 14.4. The molecule has 2 aliphatic heterocycles. The molecule has 2 atom stereocenters. The van der Waals surface area contributed by atoms with Gasteiger partial charge in [-0.3, -0.25) is 0 Å². The summed E-state index contributed by atoms with van der Waals surface area (Å²) in [7, 11) is 3.84. The lowest BCUT2D eigenvalue weighted by Gasteiger charge is -2.33. The predicted molar refractivity (Wildman–Crippen MR) is 144 cm³/mol. The highest BCUT2D eigenvalue weighted by Crippen LogP contribution is 2.44. The van der Waals surface area contributed by atoms with Crippen LogP contribution in [0.4, 0.5) is 13.2 Å². The minimum Gasteiger partial charge on any atom is -0.493 e. The van der Waals surface area contributed by atoms with Gasteiger partial charge in [0.1, 0.15) is 11.9 Å². The Kier molecular flexibility index (Phi) is 9.04. The molecule has 0 spiro atoms. The van der Waals surface area contributed by atoms with Gasteiger partial charge in [-0.15, -0.1) is 0 Å². The summed E-state index contributed by atoms with van der Waals surface area (Å²) in [6, 6.07) is 17.8. The van der Waals surface area contributed by atoms with E-state index in [0.29, 0.717) is 41.4 Å². The van der Waals surface area contributed by atoms with Gasteiger partial charge >= 0.3 is 12.1 Å². The van der Waals surface area contributed by atoms with Crippen LogP contribution < -0.4 is 14.2 Å². The molecule has 0 N–H and O–H groups in total. The molecule has 5 rings (SSSR count). The van der Waals surface area contributed by atoms with Crippen LogP contribution in [-0.2, 0) is 26.3 Å². The maximum Gasteiger partial charge on any atom is 0.432 e. The first kappa shape index (κ1) is 29.0. The van der Waals surface area contributed by atoms with E-state index in [1.807, 2.05) is 24.3 Å². The third-order valence-corrected chi connectivity index (χ3v) is 6.76. The first-order chi connectivity index (χ1) is 19.2. The molecule has 0 radical (unpaired) electrons. The summed E-state index contributed by atoms with van der Waals surface area (Å²) >= 11 is 0. The molecule has 0 saturated carbocycles. The zero-order chi connectivity index (χ0) is 28.8. The van der Waals surface area contributed by atoms with Crippen molar-refractivity contribution < 1.29 is 41.7 Å². The SMILES string of the molecule is COc1cc2cc(c1OC)Oc1ccc(cc1)CCCC[C@@H](OC(=O)[C@@](OC)(c1ccccc1)C(F)(F)F)/C=C\2. The second kappa shape index (κ2) is 12.5. The van der Waals surface area contributed by atoms with Crippen LogP contribution in [0, 0.1) is 0 Å². The lowest BCUT2D eigenvalue weighted by Crippen LogP contribution is -2.52. The van der Waals surface area contributed by atoms with Crippen molar-refractivity contribution in [2.45, 2.75) is 43.6 Å². The number of aryl methyl sites for hydroxylation is 1. The molecule has 40 heavy (non-hydrogen) atoms. The second-order valence-electron chi connectivity index (χ2n) is 9.30. The van der Waals surface area contributed by atoms with Crippen molar-refractivity contribution in [2.24, 2.45) is 0 Å². The van der Waals surface area contributed by atoms with Crippen molar-refractivity contribution in [3.63, 3.8) is 0 Å². The summed E-state index contributed by atoms with van der Waals surface area (Å²) in [5, 5.41) is 0. The molecule has 6 nitrogen and oxygen atoms in total. The van der Waals surface area contributed by atoms with Crippen LogP contribution in [-0.4, -0.2) is 39.6 Å². The molecule has 0 aliphatic carbocycles. The Morgan fingerprint density at radius 3 is 2.27 bits per heavy atom. The van der Waals surface area contributed by atoms with Gasteiger partial charge in [0.15, 0.2) is 11.5 Å². The standard InChI is InChI=1S/C31H31F3O6/c1-36-26-19-22-15-18-24(40-29(35)30(38-3,31(32,33)34)23-10-5-4-6-11-23)12-8-7-9-21-13-16-25(17-14-21)39-27(20-22)28(26)37-2/h4-6,10-11,13-20,24H,7-9,12H2,1-3H3/b18-15-/t24-,30+/m1/s1. The van der Waals surface area contributed by atoms with Crippen LogP contribution in [0.25, 0.3) is 6.08 Å². The topological polar surface area (TPSA) is 63.2 Å². The van der Waals surface area contributed by atoms with Crippen molar-refractivity contribution in [3.8, 4) is 23.0 Å².